The summed E-state index contributed by atoms with van der Waals surface area (Å²) in [6.45, 7) is 5.02. The van der Waals surface area contributed by atoms with Crippen LogP contribution in [0.5, 0.6) is 11.5 Å². The molecule has 2 amide bonds. The van der Waals surface area contributed by atoms with Crippen molar-refractivity contribution in [3.05, 3.63) is 59.7 Å². The highest BCUT2D eigenvalue weighted by Gasteiger charge is 2.34. The Morgan fingerprint density at radius 1 is 1.00 bits per heavy atom. The van der Waals surface area contributed by atoms with Gasteiger partial charge in [0.2, 0.25) is 5.91 Å². The van der Waals surface area contributed by atoms with E-state index in [0.29, 0.717) is 22.6 Å². The Bertz CT molecular complexity index is 919. The average Bonchev–Trinajstić information content (AvgIpc) is 2.68. The molecule has 0 spiro atoms. The number of likely N-dealkylation sites (N-methyl/N-ethyl adjacent to an activating group) is 1. The van der Waals surface area contributed by atoms with Gasteiger partial charge in [0.15, 0.2) is 6.61 Å². The fraction of sp³-hybridized carbons (Fsp3) is 0.348. The molecule has 1 N–H and O–H groups in total. The largest absolute Gasteiger partial charge is 0.457 e. The molecule has 0 saturated carbocycles. The van der Waals surface area contributed by atoms with Crippen molar-refractivity contribution >= 4 is 17.8 Å². The second-order valence-electron chi connectivity index (χ2n) is 8.27. The van der Waals surface area contributed by atoms with Crippen LogP contribution in [-0.4, -0.2) is 48.4 Å². The van der Waals surface area contributed by atoms with Crippen molar-refractivity contribution < 1.29 is 23.9 Å². The van der Waals surface area contributed by atoms with E-state index in [2.05, 4.69) is 5.32 Å². The van der Waals surface area contributed by atoms with Crippen LogP contribution < -0.4 is 10.1 Å². The first-order chi connectivity index (χ1) is 14.2. The van der Waals surface area contributed by atoms with Gasteiger partial charge in [0.25, 0.3) is 5.91 Å². The molecule has 0 aliphatic carbocycles. The highest BCUT2D eigenvalue weighted by Crippen LogP contribution is 2.44. The van der Waals surface area contributed by atoms with E-state index >= 15 is 0 Å². The Hall–Kier alpha value is -3.35. The lowest BCUT2D eigenvalue weighted by Crippen LogP contribution is -2.47. The van der Waals surface area contributed by atoms with Crippen LogP contribution in [0.15, 0.2) is 48.5 Å². The summed E-state index contributed by atoms with van der Waals surface area (Å²) in [6, 6.07) is 14.5. The first kappa shape index (κ1) is 21.4. The molecule has 1 aliphatic heterocycles. The first-order valence-corrected chi connectivity index (χ1v) is 9.73. The number of esters is 1. The molecule has 0 atom stereocenters. The summed E-state index contributed by atoms with van der Waals surface area (Å²) in [5.41, 5.74) is 0.982. The normalized spacial score (nSPS) is 12.8. The molecular weight excluding hydrogens is 384 g/mol. The number of nitrogens with one attached hydrogen (secondary N) is 1. The first-order valence-electron chi connectivity index (χ1n) is 9.73. The van der Waals surface area contributed by atoms with Gasteiger partial charge in [-0.15, -0.1) is 0 Å². The van der Waals surface area contributed by atoms with E-state index in [4.69, 9.17) is 9.47 Å². The fourth-order valence-corrected chi connectivity index (χ4v) is 3.25. The molecule has 7 nitrogen and oxygen atoms in total. The van der Waals surface area contributed by atoms with Crippen LogP contribution in [0, 0.1) is 0 Å². The number of fused-ring (bicyclic) bond motifs is 2. The lowest BCUT2D eigenvalue weighted by molar-refractivity contribution is -0.152. The number of carbonyl (C=O) groups is 3. The van der Waals surface area contributed by atoms with E-state index in [-0.39, 0.29) is 12.5 Å². The summed E-state index contributed by atoms with van der Waals surface area (Å²) in [6.07, 6.45) is 0. The summed E-state index contributed by atoms with van der Waals surface area (Å²) < 4.78 is 11.2. The molecule has 7 heteroatoms. The number of rotatable bonds is 5. The van der Waals surface area contributed by atoms with Gasteiger partial charge < -0.3 is 19.7 Å². The molecular formula is C23H26N2O5. The molecule has 158 valence electrons. The third kappa shape index (κ3) is 4.97. The van der Waals surface area contributed by atoms with Crippen LogP contribution in [0.3, 0.4) is 0 Å². The second kappa shape index (κ2) is 8.57. The van der Waals surface area contributed by atoms with Gasteiger partial charge >= 0.3 is 5.97 Å². The highest BCUT2D eigenvalue weighted by molar-refractivity contribution is 5.89. The molecule has 0 fully saturated rings. The maximum Gasteiger partial charge on any atom is 0.318 e. The van der Waals surface area contributed by atoms with Crippen molar-refractivity contribution in [1.82, 2.24) is 10.2 Å². The molecule has 2 aromatic rings. The maximum absolute atomic E-state index is 12.9. The van der Waals surface area contributed by atoms with Crippen LogP contribution in [-0.2, 0) is 19.1 Å². The minimum Gasteiger partial charge on any atom is -0.457 e. The Morgan fingerprint density at radius 3 is 2.07 bits per heavy atom. The number of amides is 2. The van der Waals surface area contributed by atoms with Gasteiger partial charge in [-0.1, -0.05) is 36.4 Å². The number of ether oxygens (including phenoxy) is 2. The van der Waals surface area contributed by atoms with E-state index in [9.17, 15) is 14.4 Å². The minimum absolute atomic E-state index is 0.114. The van der Waals surface area contributed by atoms with Crippen LogP contribution >= 0.6 is 0 Å². The Balaban J connectivity index is 1.67. The number of hydrogen-bond acceptors (Lipinski definition) is 5. The molecule has 0 saturated heterocycles. The number of para-hydroxylation sites is 2. The number of carbonyl (C=O) groups excluding carboxylic acids is 3. The summed E-state index contributed by atoms with van der Waals surface area (Å²) >= 11 is 0. The molecule has 1 aliphatic rings. The monoisotopic (exact) mass is 410 g/mol. The smallest absolute Gasteiger partial charge is 0.318 e. The molecule has 2 aromatic carbocycles. The van der Waals surface area contributed by atoms with E-state index in [1.807, 2.05) is 57.2 Å². The third-order valence-electron chi connectivity index (χ3n) is 4.57. The summed E-state index contributed by atoms with van der Waals surface area (Å²) in [5, 5.41) is 2.79. The molecule has 0 aromatic heterocycles. The summed E-state index contributed by atoms with van der Waals surface area (Å²) in [5.74, 6) is -0.800. The molecule has 3 rings (SSSR count). The Kier molecular flexibility index (Phi) is 6.10. The number of nitrogens with zero attached hydrogens (tertiary/aromatic N) is 1. The van der Waals surface area contributed by atoms with Crippen LogP contribution in [0.1, 0.15) is 37.8 Å². The van der Waals surface area contributed by atoms with Gasteiger partial charge in [0.1, 0.15) is 17.4 Å². The third-order valence-corrected chi connectivity index (χ3v) is 4.57. The van der Waals surface area contributed by atoms with Crippen molar-refractivity contribution in [2.24, 2.45) is 0 Å². The number of hydrogen-bond donors (Lipinski definition) is 1. The standard InChI is InChI=1S/C23H26N2O5/c1-23(2,3)24-19(26)13-25(4)20(27)14-29-22(28)21-15-9-5-7-11-17(15)30-18-12-8-6-10-16(18)21/h5-12,21H,13-14H2,1-4H3,(H,24,26). The lowest BCUT2D eigenvalue weighted by Gasteiger charge is -2.27. The van der Waals surface area contributed by atoms with Crippen molar-refractivity contribution in [3.63, 3.8) is 0 Å². The van der Waals surface area contributed by atoms with Gasteiger partial charge in [-0.3, -0.25) is 14.4 Å². The average molecular weight is 410 g/mol. The molecule has 1 heterocycles. The molecule has 0 radical (unpaired) electrons. The van der Waals surface area contributed by atoms with E-state index in [1.54, 1.807) is 12.1 Å². The van der Waals surface area contributed by atoms with E-state index < -0.39 is 29.9 Å². The van der Waals surface area contributed by atoms with Crippen molar-refractivity contribution in [2.45, 2.75) is 32.2 Å². The Labute approximate surface area is 176 Å². The quantitative estimate of drug-likeness (QED) is 0.767. The van der Waals surface area contributed by atoms with Crippen LogP contribution in [0.2, 0.25) is 0 Å². The van der Waals surface area contributed by atoms with Crippen LogP contribution in [0.25, 0.3) is 0 Å². The molecule has 30 heavy (non-hydrogen) atoms. The fourth-order valence-electron chi connectivity index (χ4n) is 3.25. The predicted molar refractivity (Wildman–Crippen MR) is 111 cm³/mol. The van der Waals surface area contributed by atoms with Gasteiger partial charge in [-0.25, -0.2) is 0 Å². The minimum atomic E-state index is -0.687. The zero-order valence-corrected chi connectivity index (χ0v) is 17.6. The zero-order chi connectivity index (χ0) is 21.9. The highest BCUT2D eigenvalue weighted by atomic mass is 16.5. The molecule has 0 bridgehead atoms. The topological polar surface area (TPSA) is 84.9 Å². The van der Waals surface area contributed by atoms with Gasteiger partial charge in [-0.05, 0) is 32.9 Å². The van der Waals surface area contributed by atoms with Gasteiger partial charge in [0.05, 0.1) is 6.54 Å². The van der Waals surface area contributed by atoms with E-state index in [1.165, 1.54) is 11.9 Å². The zero-order valence-electron chi connectivity index (χ0n) is 17.6. The van der Waals surface area contributed by atoms with Crippen molar-refractivity contribution in [2.75, 3.05) is 20.2 Å². The summed E-state index contributed by atoms with van der Waals surface area (Å²) in [7, 11) is 1.50. The molecule has 0 unspecified atom stereocenters. The predicted octanol–water partition coefficient (Wildman–Crippen LogP) is 2.84. The second-order valence-corrected chi connectivity index (χ2v) is 8.27. The van der Waals surface area contributed by atoms with Crippen molar-refractivity contribution in [1.29, 1.82) is 0 Å². The van der Waals surface area contributed by atoms with Gasteiger partial charge in [-0.2, -0.15) is 0 Å². The Morgan fingerprint density at radius 2 is 1.53 bits per heavy atom. The van der Waals surface area contributed by atoms with Crippen molar-refractivity contribution in [3.8, 4) is 11.5 Å². The van der Waals surface area contributed by atoms with E-state index in [0.717, 1.165) is 0 Å². The summed E-state index contributed by atoms with van der Waals surface area (Å²) in [4.78, 5) is 38.5. The maximum atomic E-state index is 12.9. The van der Waals surface area contributed by atoms with Crippen LogP contribution in [0.4, 0.5) is 0 Å². The van der Waals surface area contributed by atoms with Gasteiger partial charge in [0, 0.05) is 23.7 Å². The number of benzene rings is 2. The lowest BCUT2D eigenvalue weighted by atomic mass is 9.88. The SMILES string of the molecule is CN(CC(=O)NC(C)(C)C)C(=O)COC(=O)C1c2ccccc2Oc2ccccc21.